The van der Waals surface area contributed by atoms with E-state index in [9.17, 15) is 5.11 Å². The predicted molar refractivity (Wildman–Crippen MR) is 64.8 cm³/mol. The summed E-state index contributed by atoms with van der Waals surface area (Å²) in [4.78, 5) is 0. The third-order valence-electron chi connectivity index (χ3n) is 3.20. The Bertz CT molecular complexity index is 296. The van der Waals surface area contributed by atoms with Gasteiger partial charge in [-0.3, -0.25) is 0 Å². The molecule has 1 aromatic rings. The number of rotatable bonds is 4. The van der Waals surface area contributed by atoms with Crippen molar-refractivity contribution in [3.05, 3.63) is 35.4 Å². The number of hydrogen-bond donors (Lipinski definition) is 1. The third-order valence-corrected chi connectivity index (χ3v) is 3.20. The summed E-state index contributed by atoms with van der Waals surface area (Å²) >= 11 is 0. The van der Waals surface area contributed by atoms with E-state index in [0.717, 1.165) is 12.0 Å². The molecule has 0 unspecified atom stereocenters. The molecule has 1 nitrogen and oxygen atoms in total. The minimum Gasteiger partial charge on any atom is -0.385 e. The van der Waals surface area contributed by atoms with Gasteiger partial charge in [-0.25, -0.2) is 0 Å². The predicted octanol–water partition coefficient (Wildman–Crippen LogP) is 3.50. The second kappa shape index (κ2) is 4.80. The van der Waals surface area contributed by atoms with Crippen molar-refractivity contribution >= 4 is 0 Å². The molecule has 0 bridgehead atoms. The Morgan fingerprint density at radius 3 is 2.13 bits per heavy atom. The van der Waals surface area contributed by atoms with Gasteiger partial charge in [0.15, 0.2) is 0 Å². The summed E-state index contributed by atoms with van der Waals surface area (Å²) in [6, 6.07) is 8.33. The largest absolute Gasteiger partial charge is 0.385 e. The first-order valence-corrected chi connectivity index (χ1v) is 5.80. The summed E-state index contributed by atoms with van der Waals surface area (Å²) in [5.74, 6) is 0.231. The fraction of sp³-hybridized carbons (Fsp3) is 0.571. The minimum atomic E-state index is -0.718. The van der Waals surface area contributed by atoms with Crippen molar-refractivity contribution in [1.29, 1.82) is 0 Å². The van der Waals surface area contributed by atoms with Crippen LogP contribution in [0.2, 0.25) is 0 Å². The standard InChI is InChI=1S/C14H22O/c1-5-6-12-7-9-13(10-8-12)14(4,15)11(2)3/h7-11,15H,5-6H2,1-4H3/t14-/m1/s1. The summed E-state index contributed by atoms with van der Waals surface area (Å²) in [5, 5.41) is 10.3. The zero-order valence-corrected chi connectivity index (χ0v) is 10.2. The van der Waals surface area contributed by atoms with Crippen molar-refractivity contribution in [2.45, 2.75) is 46.1 Å². The molecular weight excluding hydrogens is 184 g/mol. The van der Waals surface area contributed by atoms with E-state index in [0.29, 0.717) is 0 Å². The maximum atomic E-state index is 10.3. The summed E-state index contributed by atoms with van der Waals surface area (Å²) in [6.07, 6.45) is 2.28. The van der Waals surface area contributed by atoms with Crippen LogP contribution in [0.15, 0.2) is 24.3 Å². The molecule has 0 aliphatic carbocycles. The van der Waals surface area contributed by atoms with Gasteiger partial charge < -0.3 is 5.11 Å². The molecule has 84 valence electrons. The molecule has 1 heteroatoms. The third kappa shape index (κ3) is 2.82. The smallest absolute Gasteiger partial charge is 0.0891 e. The highest BCUT2D eigenvalue weighted by Crippen LogP contribution is 2.28. The van der Waals surface area contributed by atoms with Crippen molar-refractivity contribution in [3.63, 3.8) is 0 Å². The molecule has 0 heterocycles. The van der Waals surface area contributed by atoms with Gasteiger partial charge in [0.25, 0.3) is 0 Å². The zero-order chi connectivity index (χ0) is 11.5. The van der Waals surface area contributed by atoms with Crippen LogP contribution in [-0.4, -0.2) is 5.11 Å². The Labute approximate surface area is 93.1 Å². The maximum Gasteiger partial charge on any atom is 0.0891 e. The minimum absolute atomic E-state index is 0.231. The molecule has 0 amide bonds. The van der Waals surface area contributed by atoms with Gasteiger partial charge in [0.2, 0.25) is 0 Å². The molecule has 0 fully saturated rings. The lowest BCUT2D eigenvalue weighted by molar-refractivity contribution is 0.00904. The molecule has 0 spiro atoms. The first-order chi connectivity index (χ1) is 6.98. The van der Waals surface area contributed by atoms with Gasteiger partial charge in [0.1, 0.15) is 0 Å². The van der Waals surface area contributed by atoms with E-state index in [1.165, 1.54) is 12.0 Å². The lowest BCUT2D eigenvalue weighted by Crippen LogP contribution is -2.27. The number of benzene rings is 1. The molecule has 0 radical (unpaired) electrons. The number of aliphatic hydroxyl groups is 1. The van der Waals surface area contributed by atoms with Crippen LogP contribution in [0, 0.1) is 5.92 Å². The van der Waals surface area contributed by atoms with E-state index in [4.69, 9.17) is 0 Å². The van der Waals surface area contributed by atoms with E-state index < -0.39 is 5.60 Å². The molecule has 0 aromatic heterocycles. The van der Waals surface area contributed by atoms with Crippen LogP contribution >= 0.6 is 0 Å². The number of hydrogen-bond acceptors (Lipinski definition) is 1. The fourth-order valence-corrected chi connectivity index (χ4v) is 1.63. The zero-order valence-electron chi connectivity index (χ0n) is 10.2. The monoisotopic (exact) mass is 206 g/mol. The van der Waals surface area contributed by atoms with Crippen LogP contribution in [0.3, 0.4) is 0 Å². The molecule has 1 atom stereocenters. The van der Waals surface area contributed by atoms with E-state index in [2.05, 4.69) is 19.1 Å². The van der Waals surface area contributed by atoms with Gasteiger partial charge >= 0.3 is 0 Å². The van der Waals surface area contributed by atoms with Crippen molar-refractivity contribution < 1.29 is 5.11 Å². The average molecular weight is 206 g/mol. The van der Waals surface area contributed by atoms with Crippen LogP contribution in [0.25, 0.3) is 0 Å². The highest BCUT2D eigenvalue weighted by atomic mass is 16.3. The average Bonchev–Trinajstić information content (AvgIpc) is 2.19. The molecule has 1 rings (SSSR count). The lowest BCUT2D eigenvalue weighted by atomic mass is 9.85. The molecule has 0 aliphatic rings. The van der Waals surface area contributed by atoms with Crippen molar-refractivity contribution in [3.8, 4) is 0 Å². The fourth-order valence-electron chi connectivity index (χ4n) is 1.63. The Morgan fingerprint density at radius 2 is 1.73 bits per heavy atom. The molecule has 0 saturated carbocycles. The number of aryl methyl sites for hydroxylation is 1. The van der Waals surface area contributed by atoms with Gasteiger partial charge in [0, 0.05) is 0 Å². The summed E-state index contributed by atoms with van der Waals surface area (Å²) in [6.45, 7) is 8.14. The van der Waals surface area contributed by atoms with E-state index in [-0.39, 0.29) is 5.92 Å². The quantitative estimate of drug-likeness (QED) is 0.799. The van der Waals surface area contributed by atoms with E-state index >= 15 is 0 Å². The Kier molecular flexibility index (Phi) is 3.92. The van der Waals surface area contributed by atoms with Crippen molar-refractivity contribution in [2.24, 2.45) is 5.92 Å². The lowest BCUT2D eigenvalue weighted by Gasteiger charge is -2.28. The SMILES string of the molecule is CCCc1ccc([C@](C)(O)C(C)C)cc1. The summed E-state index contributed by atoms with van der Waals surface area (Å²) in [7, 11) is 0. The Morgan fingerprint density at radius 1 is 1.20 bits per heavy atom. The summed E-state index contributed by atoms with van der Waals surface area (Å²) in [5.41, 5.74) is 1.64. The molecule has 1 aromatic carbocycles. The Hall–Kier alpha value is -0.820. The van der Waals surface area contributed by atoms with Crippen LogP contribution in [0.1, 0.15) is 45.2 Å². The van der Waals surface area contributed by atoms with E-state index in [1.807, 2.05) is 32.9 Å². The molecule has 15 heavy (non-hydrogen) atoms. The first-order valence-electron chi connectivity index (χ1n) is 5.80. The van der Waals surface area contributed by atoms with Gasteiger partial charge in [-0.1, -0.05) is 51.5 Å². The summed E-state index contributed by atoms with van der Waals surface area (Å²) < 4.78 is 0. The topological polar surface area (TPSA) is 20.2 Å². The van der Waals surface area contributed by atoms with Gasteiger partial charge in [0.05, 0.1) is 5.60 Å². The second-order valence-electron chi connectivity index (χ2n) is 4.75. The van der Waals surface area contributed by atoms with Gasteiger partial charge in [-0.15, -0.1) is 0 Å². The Balaban J connectivity index is 2.88. The van der Waals surface area contributed by atoms with Crippen molar-refractivity contribution in [1.82, 2.24) is 0 Å². The molecule has 0 saturated heterocycles. The van der Waals surface area contributed by atoms with Crippen LogP contribution in [0.5, 0.6) is 0 Å². The van der Waals surface area contributed by atoms with Crippen LogP contribution in [0.4, 0.5) is 0 Å². The van der Waals surface area contributed by atoms with Crippen molar-refractivity contribution in [2.75, 3.05) is 0 Å². The maximum absolute atomic E-state index is 10.3. The normalized spacial score (nSPS) is 15.3. The highest BCUT2D eigenvalue weighted by molar-refractivity contribution is 5.27. The van der Waals surface area contributed by atoms with Crippen LogP contribution in [-0.2, 0) is 12.0 Å². The van der Waals surface area contributed by atoms with Gasteiger partial charge in [-0.05, 0) is 30.4 Å². The molecule has 1 N–H and O–H groups in total. The first kappa shape index (κ1) is 12.3. The van der Waals surface area contributed by atoms with E-state index in [1.54, 1.807) is 0 Å². The van der Waals surface area contributed by atoms with Gasteiger partial charge in [-0.2, -0.15) is 0 Å². The van der Waals surface area contributed by atoms with Crippen LogP contribution < -0.4 is 0 Å². The second-order valence-corrected chi connectivity index (χ2v) is 4.75. The highest BCUT2D eigenvalue weighted by Gasteiger charge is 2.26. The molecule has 0 aliphatic heterocycles. The molecular formula is C14H22O.